The fourth-order valence-corrected chi connectivity index (χ4v) is 11.8. The van der Waals surface area contributed by atoms with Crippen molar-refractivity contribution in [3.63, 3.8) is 0 Å². The molecule has 1 fully saturated rings. The molecule has 4 aromatic rings. The van der Waals surface area contributed by atoms with Gasteiger partial charge in [-0.15, -0.1) is 0 Å². The molecule has 9 heteroatoms. The van der Waals surface area contributed by atoms with E-state index in [4.69, 9.17) is 14.2 Å². The molecule has 0 bridgehead atoms. The number of anilines is 3. The fraction of sp³-hybridized carbons (Fsp3) is 0.278. The number of benzene rings is 4. The van der Waals surface area contributed by atoms with Gasteiger partial charge in [-0.3, -0.25) is 14.5 Å². The van der Waals surface area contributed by atoms with E-state index in [1.165, 1.54) is 5.19 Å². The lowest BCUT2D eigenvalue weighted by atomic mass is 9.82. The Morgan fingerprint density at radius 1 is 0.956 bits per heavy atom. The number of fused-ring (bicyclic) bond motifs is 4. The van der Waals surface area contributed by atoms with Crippen LogP contribution in [0.5, 0.6) is 17.2 Å². The van der Waals surface area contributed by atoms with Gasteiger partial charge < -0.3 is 24.6 Å². The molecule has 230 valence electrons. The normalized spacial score (nSPS) is 23.6. The van der Waals surface area contributed by atoms with Crippen molar-refractivity contribution in [1.29, 1.82) is 0 Å². The predicted octanol–water partition coefficient (Wildman–Crippen LogP) is 6.33. The van der Waals surface area contributed by atoms with Crippen LogP contribution in [0.3, 0.4) is 0 Å². The third-order valence-corrected chi connectivity index (χ3v) is 14.3. The third kappa shape index (κ3) is 4.40. The standard InChI is InChI=1S/C36H36N2O6Si/c1-22-33(45(3,4)25-16-14-24(42-2)15-17-25)32(19-20-39)44-36(22)27-21-23(13-18-28(27)37-35(36)41)38-29-10-6-8-12-31(29)43-30-11-7-5-9-26(30)34(38)40/h5-18,21-22,32-33,39H,19-20H2,1-4H3,(H,37,41)/t22-,32+,33-,36+/m1/s1. The second-order valence-electron chi connectivity index (χ2n) is 12.6. The number of methoxy groups -OCH3 is 1. The van der Waals surface area contributed by atoms with Crippen molar-refractivity contribution in [2.75, 3.05) is 23.9 Å². The highest BCUT2D eigenvalue weighted by molar-refractivity contribution is 6.91. The second kappa shape index (κ2) is 10.9. The van der Waals surface area contributed by atoms with Crippen molar-refractivity contribution >= 4 is 42.1 Å². The molecular formula is C36H36N2O6Si. The topological polar surface area (TPSA) is 97.3 Å². The Kier molecular flexibility index (Phi) is 7.07. The van der Waals surface area contributed by atoms with E-state index < -0.39 is 13.7 Å². The number of carbonyl (C=O) groups excluding carboxylic acids is 2. The Hall–Kier alpha value is -4.44. The van der Waals surface area contributed by atoms with E-state index in [0.29, 0.717) is 46.1 Å². The van der Waals surface area contributed by atoms with Gasteiger partial charge in [0.15, 0.2) is 11.4 Å². The number of hydrogen-bond donors (Lipinski definition) is 2. The Bertz CT molecular complexity index is 1810. The molecule has 3 aliphatic heterocycles. The minimum atomic E-state index is -2.29. The number of amides is 2. The van der Waals surface area contributed by atoms with Crippen molar-refractivity contribution in [3.05, 3.63) is 102 Å². The van der Waals surface area contributed by atoms with E-state index in [2.05, 4.69) is 37.5 Å². The molecule has 8 nitrogen and oxygen atoms in total. The number of aliphatic hydroxyl groups is 1. The van der Waals surface area contributed by atoms with Crippen molar-refractivity contribution in [2.24, 2.45) is 5.92 Å². The Morgan fingerprint density at radius 3 is 2.40 bits per heavy atom. The maximum atomic E-state index is 14.2. The molecule has 7 rings (SSSR count). The number of nitrogens with one attached hydrogen (secondary N) is 1. The second-order valence-corrected chi connectivity index (χ2v) is 17.2. The zero-order valence-corrected chi connectivity index (χ0v) is 26.7. The van der Waals surface area contributed by atoms with E-state index in [1.807, 2.05) is 66.7 Å². The van der Waals surface area contributed by atoms with Gasteiger partial charge in [-0.2, -0.15) is 0 Å². The van der Waals surface area contributed by atoms with Crippen LogP contribution < -0.4 is 24.9 Å². The average Bonchev–Trinajstić information content (AvgIpc) is 3.45. The van der Waals surface area contributed by atoms with E-state index in [0.717, 1.165) is 5.75 Å². The first kappa shape index (κ1) is 29.3. The molecule has 4 aromatic carbocycles. The van der Waals surface area contributed by atoms with Gasteiger partial charge in [-0.1, -0.05) is 61.6 Å². The Balaban J connectivity index is 1.35. The number of aliphatic hydroxyl groups excluding tert-OH is 1. The van der Waals surface area contributed by atoms with Gasteiger partial charge in [0.1, 0.15) is 11.5 Å². The summed E-state index contributed by atoms with van der Waals surface area (Å²) >= 11 is 0. The molecule has 1 spiro atoms. The highest BCUT2D eigenvalue weighted by atomic mass is 28.3. The first-order chi connectivity index (χ1) is 21.7. The van der Waals surface area contributed by atoms with Crippen LogP contribution in [-0.4, -0.2) is 44.8 Å². The number of nitrogens with zero attached hydrogens (tertiary/aromatic N) is 1. The lowest BCUT2D eigenvalue weighted by molar-refractivity contribution is -0.143. The molecule has 0 unspecified atom stereocenters. The van der Waals surface area contributed by atoms with Crippen LogP contribution in [0.4, 0.5) is 17.1 Å². The van der Waals surface area contributed by atoms with Crippen molar-refractivity contribution in [1.82, 2.24) is 0 Å². The van der Waals surface area contributed by atoms with Gasteiger partial charge in [-0.25, -0.2) is 0 Å². The number of para-hydroxylation sites is 3. The van der Waals surface area contributed by atoms with Crippen molar-refractivity contribution < 1.29 is 28.9 Å². The van der Waals surface area contributed by atoms with Crippen LogP contribution in [0.25, 0.3) is 0 Å². The van der Waals surface area contributed by atoms with Crippen molar-refractivity contribution in [2.45, 2.75) is 43.7 Å². The fourth-order valence-electron chi connectivity index (χ4n) is 7.72. The lowest BCUT2D eigenvalue weighted by Gasteiger charge is -2.37. The highest BCUT2D eigenvalue weighted by Gasteiger charge is 2.64. The summed E-state index contributed by atoms with van der Waals surface area (Å²) in [5.41, 5.74) is 1.75. The third-order valence-electron chi connectivity index (χ3n) is 9.89. The number of ether oxygens (including phenoxy) is 3. The average molecular weight is 621 g/mol. The van der Waals surface area contributed by atoms with Crippen LogP contribution >= 0.6 is 0 Å². The molecule has 3 heterocycles. The Morgan fingerprint density at radius 2 is 1.67 bits per heavy atom. The quantitative estimate of drug-likeness (QED) is 0.245. The molecule has 4 atom stereocenters. The molecule has 2 N–H and O–H groups in total. The molecule has 0 saturated carbocycles. The molecular weight excluding hydrogens is 584 g/mol. The molecule has 0 aliphatic carbocycles. The summed E-state index contributed by atoms with van der Waals surface area (Å²) < 4.78 is 18.5. The largest absolute Gasteiger partial charge is 0.497 e. The number of rotatable bonds is 6. The summed E-state index contributed by atoms with van der Waals surface area (Å²) in [5, 5.41) is 14.4. The lowest BCUT2D eigenvalue weighted by Crippen LogP contribution is -2.51. The summed E-state index contributed by atoms with van der Waals surface area (Å²) in [5.74, 6) is 1.17. The van der Waals surface area contributed by atoms with E-state index >= 15 is 0 Å². The van der Waals surface area contributed by atoms with Gasteiger partial charge in [-0.05, 0) is 66.6 Å². The minimum absolute atomic E-state index is 0.0132. The van der Waals surface area contributed by atoms with Crippen LogP contribution in [0.15, 0.2) is 91.0 Å². The smallest absolute Gasteiger partial charge is 0.266 e. The Labute approximate surface area is 263 Å². The van der Waals surface area contributed by atoms with E-state index in [1.54, 1.807) is 24.1 Å². The maximum absolute atomic E-state index is 14.2. The molecule has 45 heavy (non-hydrogen) atoms. The zero-order valence-electron chi connectivity index (χ0n) is 25.7. The van der Waals surface area contributed by atoms with Gasteiger partial charge in [0.05, 0.1) is 32.5 Å². The maximum Gasteiger partial charge on any atom is 0.266 e. The van der Waals surface area contributed by atoms with Crippen LogP contribution in [0.2, 0.25) is 18.6 Å². The molecule has 3 aliphatic rings. The monoisotopic (exact) mass is 620 g/mol. The number of carbonyl (C=O) groups is 2. The van der Waals surface area contributed by atoms with Crippen LogP contribution in [-0.2, 0) is 15.1 Å². The van der Waals surface area contributed by atoms with Gasteiger partial charge in [0.2, 0.25) is 0 Å². The summed E-state index contributed by atoms with van der Waals surface area (Å²) in [7, 11) is -0.641. The minimum Gasteiger partial charge on any atom is -0.497 e. The summed E-state index contributed by atoms with van der Waals surface area (Å²) in [6.07, 6.45) is 0.0764. The first-order valence-electron chi connectivity index (χ1n) is 15.3. The predicted molar refractivity (Wildman–Crippen MR) is 176 cm³/mol. The molecule has 2 amide bonds. The zero-order chi connectivity index (χ0) is 31.5. The van der Waals surface area contributed by atoms with E-state index in [-0.39, 0.29) is 36.0 Å². The molecule has 0 radical (unpaired) electrons. The first-order valence-corrected chi connectivity index (χ1v) is 18.4. The van der Waals surface area contributed by atoms with Gasteiger partial charge >= 0.3 is 0 Å². The SMILES string of the molecule is COc1ccc([Si](C)(C)[C@H]2[C@H](CCO)O[C@@]3(C(=O)Nc4ccc(N5C(=O)c6ccccc6Oc6ccccc65)cc43)[C@@H]2C)cc1. The van der Waals surface area contributed by atoms with Crippen LogP contribution in [0, 0.1) is 5.92 Å². The molecule has 0 aromatic heterocycles. The molecule has 1 saturated heterocycles. The highest BCUT2D eigenvalue weighted by Crippen LogP contribution is 2.59. The van der Waals surface area contributed by atoms with E-state index in [9.17, 15) is 14.7 Å². The van der Waals surface area contributed by atoms with Crippen molar-refractivity contribution in [3.8, 4) is 17.2 Å². The summed E-state index contributed by atoms with van der Waals surface area (Å²) in [6.45, 7) is 6.65. The van der Waals surface area contributed by atoms with Gasteiger partial charge in [0, 0.05) is 29.5 Å². The van der Waals surface area contributed by atoms with Gasteiger partial charge in [0.25, 0.3) is 11.8 Å². The number of hydrogen-bond acceptors (Lipinski definition) is 6. The summed E-state index contributed by atoms with van der Waals surface area (Å²) in [4.78, 5) is 29.9. The summed E-state index contributed by atoms with van der Waals surface area (Å²) in [6, 6.07) is 28.4. The van der Waals surface area contributed by atoms with Crippen LogP contribution in [0.1, 0.15) is 29.3 Å².